The van der Waals surface area contributed by atoms with Crippen LogP contribution in [0.15, 0.2) is 64.5 Å². The molecule has 0 spiro atoms. The highest BCUT2D eigenvalue weighted by Gasteiger charge is 2.07. The van der Waals surface area contributed by atoms with Crippen molar-refractivity contribution in [1.82, 2.24) is 14.9 Å². The van der Waals surface area contributed by atoms with E-state index in [0.717, 1.165) is 16.9 Å². The van der Waals surface area contributed by atoms with E-state index in [0.29, 0.717) is 12.2 Å². The maximum Gasteiger partial charge on any atom is 0.364 e. The minimum Gasteiger partial charge on any atom is -0.497 e. The molecule has 0 aliphatic heterocycles. The van der Waals surface area contributed by atoms with Crippen LogP contribution in [0.25, 0.3) is 0 Å². The smallest absolute Gasteiger partial charge is 0.364 e. The Hall–Kier alpha value is -3.15. The van der Waals surface area contributed by atoms with Crippen molar-refractivity contribution >= 4 is 6.21 Å². The Balaban J connectivity index is 1.83. The molecule has 0 saturated carbocycles. The minimum absolute atomic E-state index is 0.360. The Kier molecular flexibility index (Phi) is 4.33. The molecule has 0 aliphatic rings. The number of H-pyrrole nitrogens is 1. The summed E-state index contributed by atoms with van der Waals surface area (Å²) in [6.45, 7) is 0. The van der Waals surface area contributed by atoms with Crippen LogP contribution in [-0.4, -0.2) is 28.2 Å². The number of hydrogen-bond acceptors (Lipinski definition) is 4. The first kappa shape index (κ1) is 14.8. The fourth-order valence-electron chi connectivity index (χ4n) is 2.15. The van der Waals surface area contributed by atoms with Gasteiger partial charge >= 0.3 is 5.69 Å². The average molecular weight is 308 g/mol. The molecule has 3 aromatic rings. The molecule has 23 heavy (non-hydrogen) atoms. The normalized spacial score (nSPS) is 11.0. The largest absolute Gasteiger partial charge is 0.497 e. The third-order valence-electron chi connectivity index (χ3n) is 3.36. The summed E-state index contributed by atoms with van der Waals surface area (Å²) >= 11 is 0. The predicted molar refractivity (Wildman–Crippen MR) is 88.1 cm³/mol. The van der Waals surface area contributed by atoms with Crippen LogP contribution >= 0.6 is 0 Å². The highest BCUT2D eigenvalue weighted by Crippen LogP contribution is 2.10. The van der Waals surface area contributed by atoms with E-state index in [-0.39, 0.29) is 5.69 Å². The molecule has 0 radical (unpaired) electrons. The van der Waals surface area contributed by atoms with Crippen LogP contribution in [0.3, 0.4) is 0 Å². The number of hydrogen-bond donors (Lipinski definition) is 1. The first-order valence-electron chi connectivity index (χ1n) is 7.15. The van der Waals surface area contributed by atoms with Gasteiger partial charge < -0.3 is 4.74 Å². The summed E-state index contributed by atoms with van der Waals surface area (Å²) in [5, 5.41) is 10.7. The van der Waals surface area contributed by atoms with Crippen LogP contribution in [0.2, 0.25) is 0 Å². The molecular weight excluding hydrogens is 292 g/mol. The lowest BCUT2D eigenvalue weighted by Crippen LogP contribution is -2.15. The molecule has 0 saturated heterocycles. The van der Waals surface area contributed by atoms with E-state index in [1.165, 1.54) is 4.68 Å². The van der Waals surface area contributed by atoms with Gasteiger partial charge in [-0.15, -0.1) is 0 Å². The molecule has 1 heterocycles. The summed E-state index contributed by atoms with van der Waals surface area (Å²) in [7, 11) is 1.62. The van der Waals surface area contributed by atoms with Crippen LogP contribution in [0, 0.1) is 0 Å². The molecule has 0 bridgehead atoms. The fourth-order valence-corrected chi connectivity index (χ4v) is 2.15. The summed E-state index contributed by atoms with van der Waals surface area (Å²) in [6, 6.07) is 17.2. The fraction of sp³-hybridized carbons (Fsp3) is 0.118. The summed E-state index contributed by atoms with van der Waals surface area (Å²) in [5.41, 5.74) is 1.57. The van der Waals surface area contributed by atoms with Crippen molar-refractivity contribution in [3.63, 3.8) is 0 Å². The zero-order valence-electron chi connectivity index (χ0n) is 12.6. The third kappa shape index (κ3) is 3.55. The lowest BCUT2D eigenvalue weighted by molar-refractivity contribution is 0.415. The zero-order valence-corrected chi connectivity index (χ0v) is 12.6. The predicted octanol–water partition coefficient (Wildman–Crippen LogP) is 2.05. The Labute approximate surface area is 133 Å². The van der Waals surface area contributed by atoms with Crippen molar-refractivity contribution in [3.05, 3.63) is 82.0 Å². The maximum absolute atomic E-state index is 11.9. The molecule has 0 fully saturated rings. The van der Waals surface area contributed by atoms with Crippen molar-refractivity contribution in [2.24, 2.45) is 5.10 Å². The van der Waals surface area contributed by atoms with Gasteiger partial charge in [0.25, 0.3) is 0 Å². The second kappa shape index (κ2) is 6.74. The van der Waals surface area contributed by atoms with Gasteiger partial charge in [0.2, 0.25) is 0 Å². The van der Waals surface area contributed by atoms with E-state index in [2.05, 4.69) is 15.3 Å². The monoisotopic (exact) mass is 308 g/mol. The Morgan fingerprint density at radius 2 is 1.91 bits per heavy atom. The summed E-state index contributed by atoms with van der Waals surface area (Å²) < 4.78 is 6.38. The first-order valence-corrected chi connectivity index (χ1v) is 7.15. The Bertz CT molecular complexity index is 848. The van der Waals surface area contributed by atoms with Gasteiger partial charge in [0.1, 0.15) is 5.75 Å². The Morgan fingerprint density at radius 3 is 2.61 bits per heavy atom. The third-order valence-corrected chi connectivity index (χ3v) is 3.36. The standard InChI is InChI=1S/C17H16N4O2/c1-23-15-9-7-14(8-10-15)12-18-21-16(19-20-17(21)22)11-13-5-3-2-4-6-13/h2-10,12H,11H2,1H3,(H,20,22)/b18-12+. The maximum atomic E-state index is 11.9. The number of nitrogens with zero attached hydrogens (tertiary/aromatic N) is 3. The van der Waals surface area contributed by atoms with Crippen LogP contribution in [0.5, 0.6) is 5.75 Å². The van der Waals surface area contributed by atoms with Crippen LogP contribution in [-0.2, 0) is 6.42 Å². The van der Waals surface area contributed by atoms with Crippen LogP contribution in [0.4, 0.5) is 0 Å². The summed E-state index contributed by atoms with van der Waals surface area (Å²) in [6.07, 6.45) is 2.14. The molecular formula is C17H16N4O2. The SMILES string of the molecule is COc1ccc(/C=N/n2c(Cc3ccccc3)n[nH]c2=O)cc1. The van der Waals surface area contributed by atoms with Crippen molar-refractivity contribution in [3.8, 4) is 5.75 Å². The quantitative estimate of drug-likeness (QED) is 0.733. The van der Waals surface area contributed by atoms with Crippen LogP contribution in [0.1, 0.15) is 17.0 Å². The minimum atomic E-state index is -0.360. The number of aromatic nitrogens is 3. The van der Waals surface area contributed by atoms with Gasteiger partial charge in [-0.3, -0.25) is 0 Å². The second-order valence-electron chi connectivity index (χ2n) is 4.94. The molecule has 0 atom stereocenters. The van der Waals surface area contributed by atoms with Crippen LogP contribution < -0.4 is 10.4 Å². The molecule has 3 rings (SSSR count). The van der Waals surface area contributed by atoms with Crippen molar-refractivity contribution in [1.29, 1.82) is 0 Å². The number of benzene rings is 2. The van der Waals surface area contributed by atoms with Gasteiger partial charge in [-0.05, 0) is 35.4 Å². The molecule has 6 heteroatoms. The highest BCUT2D eigenvalue weighted by molar-refractivity contribution is 5.79. The molecule has 1 aromatic heterocycles. The highest BCUT2D eigenvalue weighted by atomic mass is 16.5. The molecule has 6 nitrogen and oxygen atoms in total. The number of ether oxygens (including phenoxy) is 1. The lowest BCUT2D eigenvalue weighted by Gasteiger charge is -2.01. The van der Waals surface area contributed by atoms with E-state index < -0.39 is 0 Å². The molecule has 2 aromatic carbocycles. The van der Waals surface area contributed by atoms with Gasteiger partial charge in [-0.2, -0.15) is 14.9 Å². The molecule has 0 unspecified atom stereocenters. The van der Waals surface area contributed by atoms with Gasteiger partial charge in [-0.25, -0.2) is 9.89 Å². The topological polar surface area (TPSA) is 72.3 Å². The lowest BCUT2D eigenvalue weighted by atomic mass is 10.1. The summed E-state index contributed by atoms with van der Waals surface area (Å²) in [4.78, 5) is 11.9. The molecule has 1 N–H and O–H groups in total. The van der Waals surface area contributed by atoms with Gasteiger partial charge in [0.05, 0.1) is 13.3 Å². The number of rotatable bonds is 5. The average Bonchev–Trinajstić information content (AvgIpc) is 2.94. The van der Waals surface area contributed by atoms with Gasteiger partial charge in [-0.1, -0.05) is 30.3 Å². The Morgan fingerprint density at radius 1 is 1.17 bits per heavy atom. The number of methoxy groups -OCH3 is 1. The van der Waals surface area contributed by atoms with E-state index in [1.807, 2.05) is 54.6 Å². The van der Waals surface area contributed by atoms with Crippen molar-refractivity contribution < 1.29 is 4.74 Å². The molecule has 0 amide bonds. The van der Waals surface area contributed by atoms with E-state index >= 15 is 0 Å². The molecule has 0 aliphatic carbocycles. The zero-order chi connectivity index (χ0) is 16.1. The second-order valence-corrected chi connectivity index (χ2v) is 4.94. The molecule has 116 valence electrons. The number of nitrogens with one attached hydrogen (secondary N) is 1. The summed E-state index contributed by atoms with van der Waals surface area (Å²) in [5.74, 6) is 1.33. The van der Waals surface area contributed by atoms with Crippen molar-refractivity contribution in [2.75, 3.05) is 7.11 Å². The van der Waals surface area contributed by atoms with Gasteiger partial charge in [0.15, 0.2) is 5.82 Å². The van der Waals surface area contributed by atoms with E-state index in [4.69, 9.17) is 4.74 Å². The van der Waals surface area contributed by atoms with E-state index in [1.54, 1.807) is 13.3 Å². The van der Waals surface area contributed by atoms with E-state index in [9.17, 15) is 4.79 Å². The number of aromatic amines is 1. The first-order chi connectivity index (χ1) is 11.3. The van der Waals surface area contributed by atoms with Gasteiger partial charge in [0, 0.05) is 6.42 Å². The van der Waals surface area contributed by atoms with Crippen molar-refractivity contribution in [2.45, 2.75) is 6.42 Å².